The molecule has 0 spiro atoms. The molecular formula is C19H22N2O3. The van der Waals surface area contributed by atoms with E-state index >= 15 is 0 Å². The summed E-state index contributed by atoms with van der Waals surface area (Å²) in [5.74, 6) is 0.476. The zero-order chi connectivity index (χ0) is 17.3. The monoisotopic (exact) mass is 326 g/mol. The SMILES string of the molecule is CC(=O)c1cccc(O[C@@H](C)C(=O)N2CCn3cccc3[C@@H]2C)c1. The first-order valence-corrected chi connectivity index (χ1v) is 8.20. The Kier molecular flexibility index (Phi) is 4.42. The molecule has 0 aliphatic carbocycles. The highest BCUT2D eigenvalue weighted by Gasteiger charge is 2.31. The van der Waals surface area contributed by atoms with Crippen LogP contribution in [0.2, 0.25) is 0 Å². The number of rotatable bonds is 4. The van der Waals surface area contributed by atoms with E-state index in [9.17, 15) is 9.59 Å². The molecule has 2 atom stereocenters. The van der Waals surface area contributed by atoms with E-state index in [0.717, 1.165) is 12.2 Å². The summed E-state index contributed by atoms with van der Waals surface area (Å²) >= 11 is 0. The lowest BCUT2D eigenvalue weighted by Crippen LogP contribution is -2.46. The zero-order valence-electron chi connectivity index (χ0n) is 14.2. The summed E-state index contributed by atoms with van der Waals surface area (Å²) in [6.07, 6.45) is 1.44. The summed E-state index contributed by atoms with van der Waals surface area (Å²) in [5.41, 5.74) is 1.72. The van der Waals surface area contributed by atoms with Gasteiger partial charge in [-0.15, -0.1) is 0 Å². The van der Waals surface area contributed by atoms with Gasteiger partial charge in [0.25, 0.3) is 5.91 Å². The van der Waals surface area contributed by atoms with E-state index < -0.39 is 6.10 Å². The number of fused-ring (bicyclic) bond motifs is 1. The topological polar surface area (TPSA) is 51.5 Å². The third-order valence-corrected chi connectivity index (χ3v) is 4.53. The van der Waals surface area contributed by atoms with Crippen LogP contribution in [0.3, 0.4) is 0 Å². The minimum absolute atomic E-state index is 0.0233. The fourth-order valence-corrected chi connectivity index (χ4v) is 3.16. The Labute approximate surface area is 141 Å². The molecule has 0 saturated heterocycles. The molecule has 0 fully saturated rings. The number of amides is 1. The fourth-order valence-electron chi connectivity index (χ4n) is 3.16. The third-order valence-electron chi connectivity index (χ3n) is 4.53. The Morgan fingerprint density at radius 2 is 2.00 bits per heavy atom. The number of hydrogen-bond acceptors (Lipinski definition) is 3. The van der Waals surface area contributed by atoms with Gasteiger partial charge < -0.3 is 14.2 Å². The van der Waals surface area contributed by atoms with Crippen LogP contribution in [0.1, 0.15) is 42.9 Å². The predicted molar refractivity (Wildman–Crippen MR) is 91.1 cm³/mol. The Morgan fingerprint density at radius 3 is 2.75 bits per heavy atom. The van der Waals surface area contributed by atoms with E-state index in [1.165, 1.54) is 6.92 Å². The average Bonchev–Trinajstić information content (AvgIpc) is 3.04. The van der Waals surface area contributed by atoms with Gasteiger partial charge in [-0.3, -0.25) is 9.59 Å². The van der Waals surface area contributed by atoms with Crippen LogP contribution in [0.4, 0.5) is 0 Å². The Bertz CT molecular complexity index is 765. The number of hydrogen-bond donors (Lipinski definition) is 0. The molecule has 126 valence electrons. The van der Waals surface area contributed by atoms with Crippen LogP contribution in [0.5, 0.6) is 5.75 Å². The molecule has 0 bridgehead atoms. The molecule has 24 heavy (non-hydrogen) atoms. The van der Waals surface area contributed by atoms with E-state index in [4.69, 9.17) is 4.74 Å². The van der Waals surface area contributed by atoms with Crippen molar-refractivity contribution in [2.24, 2.45) is 0 Å². The second kappa shape index (κ2) is 6.51. The van der Waals surface area contributed by atoms with Crippen LogP contribution in [-0.2, 0) is 11.3 Å². The number of benzene rings is 1. The number of ketones is 1. The maximum Gasteiger partial charge on any atom is 0.263 e. The van der Waals surface area contributed by atoms with Crippen molar-refractivity contribution in [1.29, 1.82) is 0 Å². The number of aromatic nitrogens is 1. The maximum atomic E-state index is 12.8. The fraction of sp³-hybridized carbons (Fsp3) is 0.368. The van der Waals surface area contributed by atoms with E-state index in [2.05, 4.69) is 4.57 Å². The Morgan fingerprint density at radius 1 is 1.21 bits per heavy atom. The van der Waals surface area contributed by atoms with Gasteiger partial charge >= 0.3 is 0 Å². The van der Waals surface area contributed by atoms with Gasteiger partial charge in [-0.25, -0.2) is 0 Å². The molecule has 1 aromatic carbocycles. The smallest absolute Gasteiger partial charge is 0.263 e. The normalized spacial score (nSPS) is 18.0. The average molecular weight is 326 g/mol. The van der Waals surface area contributed by atoms with Crippen LogP contribution >= 0.6 is 0 Å². The molecule has 1 aromatic heterocycles. The summed E-state index contributed by atoms with van der Waals surface area (Å²) in [6, 6.07) is 11.0. The van der Waals surface area contributed by atoms with Gasteiger partial charge in [-0.1, -0.05) is 12.1 Å². The lowest BCUT2D eigenvalue weighted by atomic mass is 10.1. The van der Waals surface area contributed by atoms with E-state index in [0.29, 0.717) is 17.9 Å². The van der Waals surface area contributed by atoms with Crippen LogP contribution in [0.25, 0.3) is 0 Å². The molecule has 2 heterocycles. The molecule has 1 amide bonds. The first-order valence-electron chi connectivity index (χ1n) is 8.20. The summed E-state index contributed by atoms with van der Waals surface area (Å²) in [6.45, 7) is 6.77. The van der Waals surface area contributed by atoms with Crippen LogP contribution in [0.15, 0.2) is 42.6 Å². The standard InChI is InChI=1S/C19H22N2O3/c1-13-18-8-5-9-20(18)10-11-21(13)19(23)15(3)24-17-7-4-6-16(12-17)14(2)22/h4-9,12-13,15H,10-11H2,1-3H3/t13-,15-/m0/s1. The van der Waals surface area contributed by atoms with E-state index in [1.54, 1.807) is 31.2 Å². The van der Waals surface area contributed by atoms with Crippen molar-refractivity contribution in [3.05, 3.63) is 53.9 Å². The van der Waals surface area contributed by atoms with Crippen LogP contribution < -0.4 is 4.74 Å². The minimum Gasteiger partial charge on any atom is -0.481 e. The summed E-state index contributed by atoms with van der Waals surface area (Å²) in [4.78, 5) is 26.1. The highest BCUT2D eigenvalue weighted by Crippen LogP contribution is 2.26. The lowest BCUT2D eigenvalue weighted by Gasteiger charge is -2.36. The minimum atomic E-state index is -0.601. The Hall–Kier alpha value is -2.56. The molecule has 1 aliphatic heterocycles. The van der Waals surface area contributed by atoms with Gasteiger partial charge in [0.05, 0.1) is 6.04 Å². The predicted octanol–water partition coefficient (Wildman–Crippen LogP) is 3.06. The second-order valence-electron chi connectivity index (χ2n) is 6.18. The molecule has 2 aromatic rings. The molecule has 0 saturated carbocycles. The zero-order valence-corrected chi connectivity index (χ0v) is 14.2. The number of nitrogens with zero attached hydrogens (tertiary/aromatic N) is 2. The first kappa shape index (κ1) is 16.3. The number of carbonyl (C=O) groups is 2. The van der Waals surface area contributed by atoms with Crippen molar-refractivity contribution >= 4 is 11.7 Å². The molecular weight excluding hydrogens is 304 g/mol. The number of ether oxygens (including phenoxy) is 1. The van der Waals surface area contributed by atoms with Crippen molar-refractivity contribution in [2.75, 3.05) is 6.54 Å². The van der Waals surface area contributed by atoms with Gasteiger partial charge in [0, 0.05) is 30.5 Å². The van der Waals surface area contributed by atoms with Crippen molar-refractivity contribution in [2.45, 2.75) is 39.5 Å². The van der Waals surface area contributed by atoms with Crippen molar-refractivity contribution in [1.82, 2.24) is 9.47 Å². The summed E-state index contributed by atoms with van der Waals surface area (Å²) < 4.78 is 7.96. The van der Waals surface area contributed by atoms with Gasteiger partial charge in [0.2, 0.25) is 0 Å². The quantitative estimate of drug-likeness (QED) is 0.812. The van der Waals surface area contributed by atoms with Crippen molar-refractivity contribution in [3.8, 4) is 5.75 Å². The van der Waals surface area contributed by atoms with Crippen LogP contribution in [0, 0.1) is 0 Å². The lowest BCUT2D eigenvalue weighted by molar-refractivity contribution is -0.141. The molecule has 3 rings (SSSR count). The summed E-state index contributed by atoms with van der Waals surface area (Å²) in [5, 5.41) is 0. The summed E-state index contributed by atoms with van der Waals surface area (Å²) in [7, 11) is 0. The van der Waals surface area contributed by atoms with Gasteiger partial charge in [-0.05, 0) is 45.0 Å². The molecule has 0 N–H and O–H groups in total. The van der Waals surface area contributed by atoms with Gasteiger partial charge in [0.15, 0.2) is 11.9 Å². The Balaban J connectivity index is 1.71. The first-order chi connectivity index (χ1) is 11.5. The number of carbonyl (C=O) groups excluding carboxylic acids is 2. The molecule has 5 nitrogen and oxygen atoms in total. The van der Waals surface area contributed by atoms with Crippen molar-refractivity contribution in [3.63, 3.8) is 0 Å². The maximum absolute atomic E-state index is 12.8. The van der Waals surface area contributed by atoms with Gasteiger partial charge in [-0.2, -0.15) is 0 Å². The van der Waals surface area contributed by atoms with E-state index in [-0.39, 0.29) is 17.7 Å². The highest BCUT2D eigenvalue weighted by atomic mass is 16.5. The van der Waals surface area contributed by atoms with E-state index in [1.807, 2.05) is 30.2 Å². The van der Waals surface area contributed by atoms with Crippen LogP contribution in [-0.4, -0.2) is 33.8 Å². The molecule has 0 radical (unpaired) electrons. The molecule has 5 heteroatoms. The highest BCUT2D eigenvalue weighted by molar-refractivity contribution is 5.94. The second-order valence-corrected chi connectivity index (χ2v) is 6.18. The van der Waals surface area contributed by atoms with Crippen molar-refractivity contribution < 1.29 is 14.3 Å². The third kappa shape index (κ3) is 3.07. The number of Topliss-reactive ketones (excluding diaryl/α,β-unsaturated/α-hetero) is 1. The largest absolute Gasteiger partial charge is 0.481 e. The molecule has 0 unspecified atom stereocenters. The molecule has 1 aliphatic rings. The van der Waals surface area contributed by atoms with Gasteiger partial charge in [0.1, 0.15) is 5.75 Å².